The van der Waals surface area contributed by atoms with Crippen molar-refractivity contribution in [3.63, 3.8) is 0 Å². The van der Waals surface area contributed by atoms with E-state index in [4.69, 9.17) is 5.73 Å². The van der Waals surface area contributed by atoms with Crippen LogP contribution in [0.15, 0.2) is 24.9 Å². The average molecular weight is 257 g/mol. The largest absolute Gasteiger partial charge is 0.382 e. The molecule has 7 nitrogen and oxygen atoms in total. The lowest BCUT2D eigenvalue weighted by atomic mass is 10.4. The molecule has 3 aromatic heterocycles. The highest BCUT2D eigenvalue weighted by Crippen LogP contribution is 2.14. The molecule has 19 heavy (non-hydrogen) atoms. The van der Waals surface area contributed by atoms with Gasteiger partial charge < -0.3 is 10.3 Å². The maximum atomic E-state index is 5.75. The molecule has 0 aliphatic rings. The monoisotopic (exact) mass is 257 g/mol. The second-order valence-corrected chi connectivity index (χ2v) is 4.44. The lowest BCUT2D eigenvalue weighted by molar-refractivity contribution is 0.528. The SMILES string of the molecule is Cc1ccn(CCCn2cnc3c(N)ncnc32)n1. The standard InChI is InChI=1S/C12H15N7/c1-9-3-6-19(17-9)5-2-4-18-8-16-10-11(13)14-7-15-12(10)18/h3,6-8H,2,4-5H2,1H3,(H2,13,14,15). The van der Waals surface area contributed by atoms with E-state index in [1.165, 1.54) is 6.33 Å². The molecule has 3 aromatic rings. The minimum absolute atomic E-state index is 0.423. The Hall–Kier alpha value is -2.44. The number of hydrogen-bond donors (Lipinski definition) is 1. The molecule has 0 spiro atoms. The zero-order valence-corrected chi connectivity index (χ0v) is 10.7. The number of anilines is 1. The number of nitrogens with two attached hydrogens (primary N) is 1. The van der Waals surface area contributed by atoms with Gasteiger partial charge in [-0.15, -0.1) is 0 Å². The molecule has 0 bridgehead atoms. The summed E-state index contributed by atoms with van der Waals surface area (Å²) in [5.41, 5.74) is 8.23. The Labute approximate surface area is 110 Å². The number of aromatic nitrogens is 6. The number of nitrogens with zero attached hydrogens (tertiary/aromatic N) is 6. The maximum Gasteiger partial charge on any atom is 0.165 e. The van der Waals surface area contributed by atoms with Crippen LogP contribution < -0.4 is 5.73 Å². The first-order valence-corrected chi connectivity index (χ1v) is 6.15. The van der Waals surface area contributed by atoms with Crippen LogP contribution in [0.25, 0.3) is 11.2 Å². The molecule has 0 atom stereocenters. The Morgan fingerprint density at radius 1 is 1.21 bits per heavy atom. The zero-order valence-electron chi connectivity index (χ0n) is 10.7. The number of nitrogen functional groups attached to an aromatic ring is 1. The van der Waals surface area contributed by atoms with E-state index in [9.17, 15) is 0 Å². The van der Waals surface area contributed by atoms with Gasteiger partial charge in [0.25, 0.3) is 0 Å². The van der Waals surface area contributed by atoms with Crippen LogP contribution in [0, 0.1) is 6.92 Å². The summed E-state index contributed by atoms with van der Waals surface area (Å²) in [6.07, 6.45) is 6.16. The van der Waals surface area contributed by atoms with Gasteiger partial charge >= 0.3 is 0 Å². The summed E-state index contributed by atoms with van der Waals surface area (Å²) in [5, 5.41) is 4.35. The van der Waals surface area contributed by atoms with Crippen LogP contribution in [0.2, 0.25) is 0 Å². The van der Waals surface area contributed by atoms with Gasteiger partial charge in [-0.3, -0.25) is 4.68 Å². The van der Waals surface area contributed by atoms with Crippen LogP contribution in [-0.2, 0) is 13.1 Å². The van der Waals surface area contributed by atoms with E-state index in [1.54, 1.807) is 6.33 Å². The number of rotatable bonds is 4. The summed E-state index contributed by atoms with van der Waals surface area (Å²) in [4.78, 5) is 12.4. The minimum Gasteiger partial charge on any atom is -0.382 e. The third-order valence-electron chi connectivity index (χ3n) is 2.99. The van der Waals surface area contributed by atoms with Gasteiger partial charge in [0.1, 0.15) is 11.8 Å². The van der Waals surface area contributed by atoms with Crippen LogP contribution in [0.4, 0.5) is 5.82 Å². The van der Waals surface area contributed by atoms with Gasteiger partial charge in [0.15, 0.2) is 11.5 Å². The van der Waals surface area contributed by atoms with E-state index in [0.29, 0.717) is 11.3 Å². The maximum absolute atomic E-state index is 5.75. The topological polar surface area (TPSA) is 87.4 Å². The van der Waals surface area contributed by atoms with Crippen molar-refractivity contribution in [3.05, 3.63) is 30.6 Å². The third kappa shape index (κ3) is 2.26. The van der Waals surface area contributed by atoms with E-state index in [2.05, 4.69) is 20.1 Å². The smallest absolute Gasteiger partial charge is 0.165 e. The van der Waals surface area contributed by atoms with Gasteiger partial charge in [-0.2, -0.15) is 5.10 Å². The summed E-state index contributed by atoms with van der Waals surface area (Å²) in [7, 11) is 0. The molecule has 7 heteroatoms. The fourth-order valence-corrected chi connectivity index (χ4v) is 2.05. The van der Waals surface area contributed by atoms with E-state index in [1.807, 2.05) is 28.4 Å². The predicted octanol–water partition coefficient (Wildman–Crippen LogP) is 1.00. The van der Waals surface area contributed by atoms with Crippen LogP contribution in [0.3, 0.4) is 0 Å². The summed E-state index contributed by atoms with van der Waals surface area (Å²) in [5.74, 6) is 0.423. The Kier molecular flexibility index (Phi) is 2.86. The van der Waals surface area contributed by atoms with Crippen molar-refractivity contribution in [1.29, 1.82) is 0 Å². The summed E-state index contributed by atoms with van der Waals surface area (Å²) >= 11 is 0. The summed E-state index contributed by atoms with van der Waals surface area (Å²) < 4.78 is 3.93. The Morgan fingerprint density at radius 3 is 2.89 bits per heavy atom. The zero-order chi connectivity index (χ0) is 13.2. The molecule has 0 radical (unpaired) electrons. The van der Waals surface area contributed by atoms with E-state index in [-0.39, 0.29) is 0 Å². The predicted molar refractivity (Wildman–Crippen MR) is 71.3 cm³/mol. The van der Waals surface area contributed by atoms with Crippen molar-refractivity contribution in [2.24, 2.45) is 0 Å². The number of aryl methyl sites for hydroxylation is 3. The van der Waals surface area contributed by atoms with Crippen molar-refractivity contribution in [3.8, 4) is 0 Å². The molecular weight excluding hydrogens is 242 g/mol. The second kappa shape index (κ2) is 4.68. The van der Waals surface area contributed by atoms with Crippen LogP contribution in [-0.4, -0.2) is 29.3 Å². The van der Waals surface area contributed by atoms with Gasteiger partial charge in [0, 0.05) is 19.3 Å². The van der Waals surface area contributed by atoms with Crippen LogP contribution >= 0.6 is 0 Å². The Balaban J connectivity index is 1.70. The van der Waals surface area contributed by atoms with Gasteiger partial charge in [-0.25, -0.2) is 15.0 Å². The molecule has 0 saturated heterocycles. The number of fused-ring (bicyclic) bond motifs is 1. The summed E-state index contributed by atoms with van der Waals surface area (Å²) in [6, 6.07) is 2.00. The third-order valence-corrected chi connectivity index (χ3v) is 2.99. The molecule has 0 saturated carbocycles. The van der Waals surface area contributed by atoms with Crippen molar-refractivity contribution < 1.29 is 0 Å². The lowest BCUT2D eigenvalue weighted by Gasteiger charge is -2.04. The number of imidazole rings is 1. The second-order valence-electron chi connectivity index (χ2n) is 4.44. The highest BCUT2D eigenvalue weighted by Gasteiger charge is 2.07. The molecule has 2 N–H and O–H groups in total. The Bertz CT molecular complexity index is 697. The summed E-state index contributed by atoms with van der Waals surface area (Å²) in [6.45, 7) is 3.68. The molecule has 0 amide bonds. The normalized spacial score (nSPS) is 11.2. The fourth-order valence-electron chi connectivity index (χ4n) is 2.05. The average Bonchev–Trinajstić information content (AvgIpc) is 2.98. The minimum atomic E-state index is 0.423. The molecule has 0 aromatic carbocycles. The van der Waals surface area contributed by atoms with Gasteiger partial charge in [0.2, 0.25) is 0 Å². The molecule has 3 heterocycles. The van der Waals surface area contributed by atoms with Crippen LogP contribution in [0.1, 0.15) is 12.1 Å². The van der Waals surface area contributed by atoms with E-state index in [0.717, 1.165) is 30.9 Å². The first-order chi connectivity index (χ1) is 9.24. The molecule has 0 aliphatic carbocycles. The molecule has 98 valence electrons. The van der Waals surface area contributed by atoms with Crippen molar-refractivity contribution in [2.75, 3.05) is 5.73 Å². The van der Waals surface area contributed by atoms with Gasteiger partial charge in [0.05, 0.1) is 12.0 Å². The quantitative estimate of drug-likeness (QED) is 0.753. The Morgan fingerprint density at radius 2 is 2.11 bits per heavy atom. The van der Waals surface area contributed by atoms with Crippen molar-refractivity contribution >= 4 is 17.0 Å². The molecule has 0 aliphatic heterocycles. The molecule has 3 rings (SSSR count). The van der Waals surface area contributed by atoms with Gasteiger partial charge in [-0.05, 0) is 19.4 Å². The van der Waals surface area contributed by atoms with E-state index < -0.39 is 0 Å². The highest BCUT2D eigenvalue weighted by molar-refractivity contribution is 5.80. The molecule has 0 fully saturated rings. The first-order valence-electron chi connectivity index (χ1n) is 6.15. The first kappa shape index (κ1) is 11.6. The van der Waals surface area contributed by atoms with Gasteiger partial charge in [-0.1, -0.05) is 0 Å². The fraction of sp³-hybridized carbons (Fsp3) is 0.333. The van der Waals surface area contributed by atoms with Crippen molar-refractivity contribution in [2.45, 2.75) is 26.4 Å². The molecule has 0 unspecified atom stereocenters. The highest BCUT2D eigenvalue weighted by atomic mass is 15.3. The number of hydrogen-bond acceptors (Lipinski definition) is 5. The lowest BCUT2D eigenvalue weighted by Crippen LogP contribution is -2.05. The van der Waals surface area contributed by atoms with Crippen LogP contribution in [0.5, 0.6) is 0 Å². The molecular formula is C12H15N7. The van der Waals surface area contributed by atoms with E-state index >= 15 is 0 Å². The van der Waals surface area contributed by atoms with Crippen molar-refractivity contribution in [1.82, 2.24) is 29.3 Å².